The van der Waals surface area contributed by atoms with Gasteiger partial charge in [0.1, 0.15) is 5.75 Å². The van der Waals surface area contributed by atoms with Gasteiger partial charge in [0.05, 0.1) is 37.0 Å². The van der Waals surface area contributed by atoms with Crippen LogP contribution in [-0.2, 0) is 4.74 Å². The van der Waals surface area contributed by atoms with Gasteiger partial charge in [-0.3, -0.25) is 10.1 Å². The van der Waals surface area contributed by atoms with Crippen molar-refractivity contribution in [3.63, 3.8) is 0 Å². The number of anilines is 1. The van der Waals surface area contributed by atoms with Gasteiger partial charge in [0, 0.05) is 18.7 Å². The number of nitrogens with zero attached hydrogens (tertiary/aromatic N) is 2. The van der Waals surface area contributed by atoms with Crippen LogP contribution >= 0.6 is 0 Å². The van der Waals surface area contributed by atoms with Gasteiger partial charge in [-0.1, -0.05) is 0 Å². The molecular formula is C14H18N2O4. The van der Waals surface area contributed by atoms with Crippen LogP contribution in [0.2, 0.25) is 0 Å². The first-order valence-electron chi connectivity index (χ1n) is 6.89. The predicted octanol–water partition coefficient (Wildman–Crippen LogP) is 2.32. The molecular weight excluding hydrogens is 260 g/mol. The molecule has 6 heteroatoms. The Bertz CT molecular complexity index is 522. The fourth-order valence-corrected chi connectivity index (χ4v) is 2.67. The molecule has 1 aliphatic carbocycles. The zero-order chi connectivity index (χ0) is 14.1. The van der Waals surface area contributed by atoms with Crippen molar-refractivity contribution in [2.75, 3.05) is 38.3 Å². The van der Waals surface area contributed by atoms with Gasteiger partial charge in [0.15, 0.2) is 0 Å². The topological polar surface area (TPSA) is 64.8 Å². The van der Waals surface area contributed by atoms with Crippen molar-refractivity contribution in [3.05, 3.63) is 27.8 Å². The minimum atomic E-state index is -0.306. The number of morpholine rings is 1. The summed E-state index contributed by atoms with van der Waals surface area (Å²) in [5, 5.41) is 11.2. The zero-order valence-corrected chi connectivity index (χ0v) is 11.5. The lowest BCUT2D eigenvalue weighted by Crippen LogP contribution is -2.36. The molecule has 1 saturated heterocycles. The molecule has 0 radical (unpaired) electrons. The molecule has 1 aromatic carbocycles. The van der Waals surface area contributed by atoms with Crippen molar-refractivity contribution >= 4 is 11.4 Å². The first-order chi connectivity index (χ1) is 9.70. The summed E-state index contributed by atoms with van der Waals surface area (Å²) in [7, 11) is 1.56. The Morgan fingerprint density at radius 1 is 1.35 bits per heavy atom. The molecule has 0 unspecified atom stereocenters. The van der Waals surface area contributed by atoms with Crippen LogP contribution in [-0.4, -0.2) is 38.3 Å². The van der Waals surface area contributed by atoms with E-state index < -0.39 is 0 Å². The lowest BCUT2D eigenvalue weighted by molar-refractivity contribution is -0.385. The van der Waals surface area contributed by atoms with Gasteiger partial charge < -0.3 is 14.4 Å². The summed E-state index contributed by atoms with van der Waals surface area (Å²) in [6.45, 7) is 2.94. The van der Waals surface area contributed by atoms with Crippen molar-refractivity contribution in [3.8, 4) is 5.75 Å². The largest absolute Gasteiger partial charge is 0.494 e. The molecule has 1 aliphatic heterocycles. The smallest absolute Gasteiger partial charge is 0.276 e. The highest BCUT2D eigenvalue weighted by molar-refractivity contribution is 5.67. The summed E-state index contributed by atoms with van der Waals surface area (Å²) in [5.74, 6) is 0.907. The molecule has 0 amide bonds. The Kier molecular flexibility index (Phi) is 3.48. The first-order valence-corrected chi connectivity index (χ1v) is 6.89. The van der Waals surface area contributed by atoms with Gasteiger partial charge in [-0.2, -0.15) is 0 Å². The van der Waals surface area contributed by atoms with Crippen LogP contribution in [0.5, 0.6) is 5.75 Å². The van der Waals surface area contributed by atoms with E-state index in [9.17, 15) is 10.1 Å². The Morgan fingerprint density at radius 3 is 2.60 bits per heavy atom. The van der Waals surface area contributed by atoms with E-state index in [-0.39, 0.29) is 10.6 Å². The molecule has 1 heterocycles. The lowest BCUT2D eigenvalue weighted by atomic mass is 10.1. The van der Waals surface area contributed by atoms with Crippen LogP contribution in [0.1, 0.15) is 24.3 Å². The molecule has 0 N–H and O–H groups in total. The molecule has 0 spiro atoms. The van der Waals surface area contributed by atoms with Crippen LogP contribution in [0.15, 0.2) is 12.1 Å². The Hall–Kier alpha value is -1.82. The fourth-order valence-electron chi connectivity index (χ4n) is 2.67. The molecule has 20 heavy (non-hydrogen) atoms. The van der Waals surface area contributed by atoms with Crippen LogP contribution in [0, 0.1) is 10.1 Å². The highest BCUT2D eigenvalue weighted by Gasteiger charge is 2.33. The molecule has 1 saturated carbocycles. The third-order valence-electron chi connectivity index (χ3n) is 3.89. The minimum absolute atomic E-state index is 0.182. The van der Waals surface area contributed by atoms with E-state index in [0.29, 0.717) is 24.9 Å². The lowest BCUT2D eigenvalue weighted by Gasteiger charge is -2.30. The molecule has 2 fully saturated rings. The maximum absolute atomic E-state index is 11.2. The SMILES string of the molecule is COc1cc([N+](=O)[O-])c(C2CC2)cc1N1CCOCC1. The maximum atomic E-state index is 11.2. The number of nitro benzene ring substituents is 1. The van der Waals surface area contributed by atoms with Crippen molar-refractivity contribution < 1.29 is 14.4 Å². The minimum Gasteiger partial charge on any atom is -0.494 e. The van der Waals surface area contributed by atoms with Crippen LogP contribution in [0.4, 0.5) is 11.4 Å². The normalized spacial score (nSPS) is 18.9. The fraction of sp³-hybridized carbons (Fsp3) is 0.571. The highest BCUT2D eigenvalue weighted by Crippen LogP contribution is 2.47. The Morgan fingerprint density at radius 2 is 2.05 bits per heavy atom. The van der Waals surface area contributed by atoms with E-state index in [1.54, 1.807) is 13.2 Å². The standard InChI is InChI=1S/C14H18N2O4/c1-19-14-9-12(16(17)18)11(10-2-3-10)8-13(14)15-4-6-20-7-5-15/h8-10H,2-7H2,1H3. The second-order valence-electron chi connectivity index (χ2n) is 5.21. The number of nitro groups is 1. The summed E-state index contributed by atoms with van der Waals surface area (Å²) in [6.07, 6.45) is 2.07. The maximum Gasteiger partial charge on any atom is 0.276 e. The van der Waals surface area contributed by atoms with Crippen molar-refractivity contribution in [1.29, 1.82) is 0 Å². The van der Waals surface area contributed by atoms with Gasteiger partial charge in [0.2, 0.25) is 0 Å². The van der Waals surface area contributed by atoms with Crippen LogP contribution in [0.25, 0.3) is 0 Å². The van der Waals surface area contributed by atoms with Gasteiger partial charge in [0.25, 0.3) is 5.69 Å². The third kappa shape index (κ3) is 2.43. The number of benzene rings is 1. The summed E-state index contributed by atoms with van der Waals surface area (Å²) in [6, 6.07) is 3.51. The van der Waals surface area contributed by atoms with Crippen LogP contribution < -0.4 is 9.64 Å². The molecule has 2 aliphatic rings. The monoisotopic (exact) mass is 278 g/mol. The third-order valence-corrected chi connectivity index (χ3v) is 3.89. The van der Waals surface area contributed by atoms with E-state index in [0.717, 1.165) is 37.2 Å². The molecule has 0 bridgehead atoms. The van der Waals surface area contributed by atoms with Crippen molar-refractivity contribution in [1.82, 2.24) is 0 Å². The number of rotatable bonds is 4. The second-order valence-corrected chi connectivity index (χ2v) is 5.21. The average molecular weight is 278 g/mol. The Balaban J connectivity index is 2.03. The number of hydrogen-bond acceptors (Lipinski definition) is 5. The second kappa shape index (κ2) is 5.28. The molecule has 1 aromatic rings. The summed E-state index contributed by atoms with van der Waals surface area (Å²) in [5.41, 5.74) is 1.97. The summed E-state index contributed by atoms with van der Waals surface area (Å²) < 4.78 is 10.7. The van der Waals surface area contributed by atoms with E-state index in [1.807, 2.05) is 6.07 Å². The molecule has 0 aromatic heterocycles. The number of hydrogen-bond donors (Lipinski definition) is 0. The summed E-state index contributed by atoms with van der Waals surface area (Å²) >= 11 is 0. The van der Waals surface area contributed by atoms with E-state index in [4.69, 9.17) is 9.47 Å². The van der Waals surface area contributed by atoms with E-state index in [1.165, 1.54) is 0 Å². The molecule has 6 nitrogen and oxygen atoms in total. The summed E-state index contributed by atoms with van der Waals surface area (Å²) in [4.78, 5) is 13.1. The number of methoxy groups -OCH3 is 1. The molecule has 108 valence electrons. The number of ether oxygens (including phenoxy) is 2. The quantitative estimate of drug-likeness (QED) is 0.624. The van der Waals surface area contributed by atoms with Crippen molar-refractivity contribution in [2.45, 2.75) is 18.8 Å². The van der Waals surface area contributed by atoms with E-state index in [2.05, 4.69) is 4.90 Å². The van der Waals surface area contributed by atoms with Gasteiger partial charge in [-0.15, -0.1) is 0 Å². The predicted molar refractivity (Wildman–Crippen MR) is 74.7 cm³/mol. The molecule has 3 rings (SSSR count). The zero-order valence-electron chi connectivity index (χ0n) is 11.5. The van der Waals surface area contributed by atoms with Gasteiger partial charge >= 0.3 is 0 Å². The highest BCUT2D eigenvalue weighted by atomic mass is 16.6. The first kappa shape index (κ1) is 13.2. The molecule has 0 atom stereocenters. The van der Waals surface area contributed by atoms with Gasteiger partial charge in [-0.05, 0) is 24.8 Å². The Labute approximate surface area is 117 Å². The van der Waals surface area contributed by atoms with Crippen molar-refractivity contribution in [2.24, 2.45) is 0 Å². The average Bonchev–Trinajstić information content (AvgIpc) is 3.31. The van der Waals surface area contributed by atoms with E-state index >= 15 is 0 Å². The van der Waals surface area contributed by atoms with Crippen LogP contribution in [0.3, 0.4) is 0 Å². The van der Waals surface area contributed by atoms with Gasteiger partial charge in [-0.25, -0.2) is 0 Å².